The Morgan fingerprint density at radius 2 is 1.73 bits per heavy atom. The molecular weight excluding hydrogens is 574 g/mol. The number of pyridine rings is 2. The molecule has 1 aliphatic heterocycles. The van der Waals surface area contributed by atoms with Gasteiger partial charge in [0.25, 0.3) is 0 Å². The van der Waals surface area contributed by atoms with Crippen molar-refractivity contribution in [3.63, 3.8) is 0 Å². The Hall–Kier alpha value is -5.10. The number of carbonyl (C=O) groups is 2. The van der Waals surface area contributed by atoms with Gasteiger partial charge in [0.2, 0.25) is 0 Å². The molecule has 1 aliphatic rings. The smallest absolute Gasteiger partial charge is 0.357 e. The van der Waals surface area contributed by atoms with Crippen LogP contribution >= 0.6 is 0 Å². The maximum absolute atomic E-state index is 14.0. The molecule has 12 nitrogen and oxygen atoms in total. The second-order valence-corrected chi connectivity index (χ2v) is 12.1. The Morgan fingerprint density at radius 3 is 2.42 bits per heavy atom. The second-order valence-electron chi connectivity index (χ2n) is 12.1. The molecule has 0 aliphatic carbocycles. The molecular formula is C33H35N7O5. The van der Waals surface area contributed by atoms with Crippen molar-refractivity contribution in [1.29, 1.82) is 0 Å². The van der Waals surface area contributed by atoms with E-state index in [1.54, 1.807) is 46.1 Å². The fraction of sp³-hybridized carbons (Fsp3) is 0.333. The summed E-state index contributed by atoms with van der Waals surface area (Å²) >= 11 is 0. The highest BCUT2D eigenvalue weighted by Crippen LogP contribution is 2.28. The minimum atomic E-state index is -0.594. The van der Waals surface area contributed by atoms with Crippen molar-refractivity contribution >= 4 is 23.0 Å². The SMILES string of the molecule is COC(=O)c1ccc(-c2ccc(-n3c(=O)n([C@H]4CCN(Cc5ncc(C(=O)OC(C)(C)C)n5C)C4)c4ccncc43)cn2)cc1. The zero-order valence-electron chi connectivity index (χ0n) is 25.9. The van der Waals surface area contributed by atoms with Gasteiger partial charge in [0.1, 0.15) is 17.1 Å². The summed E-state index contributed by atoms with van der Waals surface area (Å²) in [4.78, 5) is 54.1. The fourth-order valence-electron chi connectivity index (χ4n) is 5.74. The number of nitrogens with zero attached hydrogens (tertiary/aromatic N) is 7. The lowest BCUT2D eigenvalue weighted by Crippen LogP contribution is -2.29. The van der Waals surface area contributed by atoms with E-state index in [9.17, 15) is 14.4 Å². The highest BCUT2D eigenvalue weighted by Gasteiger charge is 2.30. The first-order valence-electron chi connectivity index (χ1n) is 14.7. The molecule has 0 unspecified atom stereocenters. The van der Waals surface area contributed by atoms with Crippen molar-refractivity contribution in [3.8, 4) is 16.9 Å². The van der Waals surface area contributed by atoms with Gasteiger partial charge in [0, 0.05) is 31.9 Å². The summed E-state index contributed by atoms with van der Waals surface area (Å²) in [7, 11) is 3.16. The number of ether oxygens (including phenoxy) is 2. The molecule has 5 heterocycles. The number of aromatic nitrogens is 6. The molecule has 1 aromatic carbocycles. The highest BCUT2D eigenvalue weighted by atomic mass is 16.6. The Morgan fingerprint density at radius 1 is 0.956 bits per heavy atom. The summed E-state index contributed by atoms with van der Waals surface area (Å²) in [5, 5.41) is 0. The van der Waals surface area contributed by atoms with Crippen molar-refractivity contribution in [3.05, 3.63) is 94.8 Å². The predicted octanol–water partition coefficient (Wildman–Crippen LogP) is 4.17. The van der Waals surface area contributed by atoms with Crippen LogP contribution in [-0.4, -0.2) is 71.3 Å². The molecule has 0 saturated carbocycles. The van der Waals surface area contributed by atoms with Gasteiger partial charge in [-0.05, 0) is 57.5 Å². The van der Waals surface area contributed by atoms with E-state index in [4.69, 9.17) is 9.47 Å². The van der Waals surface area contributed by atoms with Crippen LogP contribution in [0.15, 0.2) is 72.0 Å². The predicted molar refractivity (Wildman–Crippen MR) is 167 cm³/mol. The molecule has 0 radical (unpaired) electrons. The van der Waals surface area contributed by atoms with Gasteiger partial charge in [0.15, 0.2) is 0 Å². The molecule has 6 rings (SSSR count). The van der Waals surface area contributed by atoms with Crippen LogP contribution in [0.5, 0.6) is 0 Å². The maximum Gasteiger partial charge on any atom is 0.357 e. The largest absolute Gasteiger partial charge is 0.465 e. The van der Waals surface area contributed by atoms with Gasteiger partial charge < -0.3 is 14.0 Å². The number of rotatable bonds is 7. The number of esters is 2. The summed E-state index contributed by atoms with van der Waals surface area (Å²) in [5.74, 6) is -0.0554. The lowest BCUT2D eigenvalue weighted by molar-refractivity contribution is 0.00581. The average molecular weight is 610 g/mol. The zero-order chi connectivity index (χ0) is 31.9. The highest BCUT2D eigenvalue weighted by molar-refractivity contribution is 5.90. The number of likely N-dealkylation sites (tertiary alicyclic amines) is 1. The summed E-state index contributed by atoms with van der Waals surface area (Å²) in [6, 6.07) is 12.5. The normalized spacial score (nSPS) is 15.4. The van der Waals surface area contributed by atoms with Crippen molar-refractivity contribution in [1.82, 2.24) is 33.6 Å². The van der Waals surface area contributed by atoms with Gasteiger partial charge in [-0.1, -0.05) is 12.1 Å². The summed E-state index contributed by atoms with van der Waals surface area (Å²) in [6.45, 7) is 7.46. The summed E-state index contributed by atoms with van der Waals surface area (Å²) < 4.78 is 15.6. The minimum absolute atomic E-state index is 0.0604. The van der Waals surface area contributed by atoms with Gasteiger partial charge in [-0.25, -0.2) is 19.4 Å². The molecule has 0 N–H and O–H groups in total. The van der Waals surface area contributed by atoms with E-state index in [1.165, 1.54) is 7.11 Å². The number of hydrogen-bond acceptors (Lipinski definition) is 9. The van der Waals surface area contributed by atoms with Crippen LogP contribution in [0, 0.1) is 0 Å². The van der Waals surface area contributed by atoms with E-state index in [0.717, 1.165) is 29.9 Å². The van der Waals surface area contributed by atoms with Crippen LogP contribution in [0.25, 0.3) is 28.0 Å². The lowest BCUT2D eigenvalue weighted by atomic mass is 10.1. The van der Waals surface area contributed by atoms with Gasteiger partial charge in [-0.15, -0.1) is 0 Å². The molecule has 1 fully saturated rings. The van der Waals surface area contributed by atoms with Crippen molar-refractivity contribution < 1.29 is 19.1 Å². The molecule has 0 amide bonds. The zero-order valence-corrected chi connectivity index (χ0v) is 25.9. The first-order chi connectivity index (χ1) is 21.5. The van der Waals surface area contributed by atoms with E-state index >= 15 is 0 Å². The third kappa shape index (κ3) is 5.88. The standard InChI is InChI=1S/C33H35N7O5/c1-33(2,3)45-31(42)28-18-36-29(37(28)4)20-38-15-13-24(19-38)40-26-12-14-34-17-27(26)39(32(40)43)23-10-11-25(35-16-23)21-6-8-22(9-7-21)30(41)44-5/h6-12,14,16-18,24H,13,15,19-20H2,1-5H3/t24-/m0/s1. The van der Waals surface area contributed by atoms with Gasteiger partial charge in [-0.3, -0.25) is 24.0 Å². The quantitative estimate of drug-likeness (QED) is 0.250. The molecule has 1 atom stereocenters. The van der Waals surface area contributed by atoms with E-state index in [-0.39, 0.29) is 11.7 Å². The minimum Gasteiger partial charge on any atom is -0.465 e. The Balaban J connectivity index is 1.23. The first kappa shape index (κ1) is 29.9. The van der Waals surface area contributed by atoms with Gasteiger partial charge in [0.05, 0.1) is 66.3 Å². The first-order valence-corrected chi connectivity index (χ1v) is 14.7. The van der Waals surface area contributed by atoms with Crippen LogP contribution in [0.4, 0.5) is 0 Å². The van der Waals surface area contributed by atoms with Gasteiger partial charge in [-0.2, -0.15) is 0 Å². The van der Waals surface area contributed by atoms with Crippen LogP contribution in [-0.2, 0) is 23.1 Å². The Kier molecular flexibility index (Phi) is 7.83. The third-order valence-corrected chi connectivity index (χ3v) is 7.95. The van der Waals surface area contributed by atoms with Gasteiger partial charge >= 0.3 is 17.6 Å². The Labute approximate surface area is 259 Å². The van der Waals surface area contributed by atoms with Crippen LogP contribution < -0.4 is 5.69 Å². The van der Waals surface area contributed by atoms with E-state index in [2.05, 4.69) is 19.9 Å². The topological polar surface area (TPSA) is 126 Å². The van der Waals surface area contributed by atoms with Crippen LogP contribution in [0.2, 0.25) is 0 Å². The van der Waals surface area contributed by atoms with E-state index in [1.807, 2.05) is 62.7 Å². The Bertz CT molecular complexity index is 1930. The molecule has 45 heavy (non-hydrogen) atoms. The third-order valence-electron chi connectivity index (χ3n) is 7.95. The van der Waals surface area contributed by atoms with Crippen LogP contribution in [0.1, 0.15) is 59.9 Å². The molecule has 0 spiro atoms. The molecule has 232 valence electrons. The van der Waals surface area contributed by atoms with Crippen molar-refractivity contribution in [2.45, 2.75) is 45.4 Å². The molecule has 4 aromatic heterocycles. The number of fused-ring (bicyclic) bond motifs is 1. The number of imidazole rings is 2. The number of hydrogen-bond donors (Lipinski definition) is 0. The number of benzene rings is 1. The summed E-state index contributed by atoms with van der Waals surface area (Å²) in [6.07, 6.45) is 7.40. The second kappa shape index (κ2) is 11.8. The summed E-state index contributed by atoms with van der Waals surface area (Å²) in [5.41, 5.74) is 3.78. The number of carbonyl (C=O) groups excluding carboxylic acids is 2. The average Bonchev–Trinajstić information content (AvgIpc) is 3.71. The molecule has 12 heteroatoms. The molecule has 1 saturated heterocycles. The van der Waals surface area contributed by atoms with E-state index in [0.29, 0.717) is 41.2 Å². The van der Waals surface area contributed by atoms with E-state index < -0.39 is 17.5 Å². The molecule has 5 aromatic rings. The maximum atomic E-state index is 14.0. The van der Waals surface area contributed by atoms with Crippen LogP contribution in [0.3, 0.4) is 0 Å². The fourth-order valence-corrected chi connectivity index (χ4v) is 5.74. The lowest BCUT2D eigenvalue weighted by Gasteiger charge is -2.20. The monoisotopic (exact) mass is 609 g/mol. The van der Waals surface area contributed by atoms with Crippen molar-refractivity contribution in [2.24, 2.45) is 7.05 Å². The number of methoxy groups -OCH3 is 1. The molecule has 0 bridgehead atoms. The van der Waals surface area contributed by atoms with Crippen molar-refractivity contribution in [2.75, 3.05) is 20.2 Å².